The van der Waals surface area contributed by atoms with E-state index < -0.39 is 61.3 Å². The van der Waals surface area contributed by atoms with E-state index in [0.29, 0.717) is 10.1 Å². The Balaban J connectivity index is 0.00000216. The van der Waals surface area contributed by atoms with Crippen LogP contribution in [0.1, 0.15) is 59.8 Å². The van der Waals surface area contributed by atoms with Crippen molar-refractivity contribution in [3.8, 4) is 0 Å². The van der Waals surface area contributed by atoms with Crippen molar-refractivity contribution in [1.82, 2.24) is 5.09 Å². The van der Waals surface area contributed by atoms with Gasteiger partial charge in [-0.15, -0.1) is 11.3 Å². The first-order valence-corrected chi connectivity index (χ1v) is 16.3. The van der Waals surface area contributed by atoms with E-state index >= 15 is 4.39 Å². The van der Waals surface area contributed by atoms with E-state index in [1.165, 1.54) is 18.2 Å². The number of carbonyl (C=O) groups excluding carboxylic acids is 1. The zero-order valence-electron chi connectivity index (χ0n) is 24.3. The van der Waals surface area contributed by atoms with E-state index in [-0.39, 0.29) is 22.6 Å². The number of hydrogen-bond acceptors (Lipinski definition) is 5. The van der Waals surface area contributed by atoms with Gasteiger partial charge < -0.3 is 5.11 Å². The highest BCUT2D eigenvalue weighted by molar-refractivity contribution is 7.67. The number of rotatable bonds is 14. The van der Waals surface area contributed by atoms with E-state index in [4.69, 9.17) is 5.11 Å². The first-order chi connectivity index (χ1) is 20.8. The first kappa shape index (κ1) is 36.9. The summed E-state index contributed by atoms with van der Waals surface area (Å²) in [4.78, 5) is 24.5. The summed E-state index contributed by atoms with van der Waals surface area (Å²) in [5, 5.41) is 10.9. The average molecular weight is 659 g/mol. The predicted octanol–water partition coefficient (Wildman–Crippen LogP) is 10.8. The molecule has 3 N–H and O–H groups in total. The summed E-state index contributed by atoms with van der Waals surface area (Å²) in [6.45, 7) is 7.71. The smallest absolute Gasteiger partial charge is 0.272 e. The van der Waals surface area contributed by atoms with Crippen molar-refractivity contribution in [3.05, 3.63) is 119 Å². The van der Waals surface area contributed by atoms with Crippen molar-refractivity contribution in [3.63, 3.8) is 0 Å². The molecule has 0 spiro atoms. The Labute approximate surface area is 257 Å². The van der Waals surface area contributed by atoms with Crippen LogP contribution in [-0.4, -0.2) is 28.5 Å². The van der Waals surface area contributed by atoms with E-state index in [0.717, 1.165) is 36.0 Å². The lowest BCUT2D eigenvalue weighted by Gasteiger charge is -2.27. The molecule has 238 valence electrons. The van der Waals surface area contributed by atoms with Gasteiger partial charge in [-0.1, -0.05) is 62.9 Å². The summed E-state index contributed by atoms with van der Waals surface area (Å²) in [5.74, 6) is -10.9. The number of carbonyl (C=O) groups is 1. The molecule has 1 heterocycles. The second-order valence-corrected chi connectivity index (χ2v) is 13.7. The van der Waals surface area contributed by atoms with Crippen LogP contribution in [0, 0.1) is 0 Å². The highest BCUT2D eigenvalue weighted by atomic mass is 32.1. The molecule has 0 aliphatic carbocycles. The largest absolute Gasteiger partial charge is 0.516 e. The van der Waals surface area contributed by atoms with E-state index in [2.05, 4.69) is 18.2 Å². The van der Waals surface area contributed by atoms with Crippen molar-refractivity contribution < 1.29 is 41.1 Å². The third kappa shape index (κ3) is 9.89. The lowest BCUT2D eigenvalue weighted by molar-refractivity contribution is 0.0994. The van der Waals surface area contributed by atoms with Crippen LogP contribution in [0.3, 0.4) is 0 Å². The Morgan fingerprint density at radius 2 is 1.70 bits per heavy atom. The minimum atomic E-state index is -3.41. The van der Waals surface area contributed by atoms with E-state index in [9.17, 15) is 31.6 Å². The van der Waals surface area contributed by atoms with Gasteiger partial charge in [-0.2, -0.15) is 9.48 Å². The van der Waals surface area contributed by atoms with Crippen LogP contribution in [0.5, 0.6) is 0 Å². The summed E-state index contributed by atoms with van der Waals surface area (Å²) in [5.41, 5.74) is -0.0201. The fourth-order valence-corrected chi connectivity index (χ4v) is 8.04. The van der Waals surface area contributed by atoms with Gasteiger partial charge in [-0.05, 0) is 42.5 Å². The fourth-order valence-electron chi connectivity index (χ4n) is 4.36. The molecule has 0 aliphatic rings. The lowest BCUT2D eigenvalue weighted by atomic mass is 10.1. The number of allylic oxidation sites excluding steroid dienone is 5. The van der Waals surface area contributed by atoms with Crippen LogP contribution in [0.2, 0.25) is 0 Å². The number of aliphatic hydroxyl groups is 1. The van der Waals surface area contributed by atoms with Gasteiger partial charge in [0.2, 0.25) is 0 Å². The van der Waals surface area contributed by atoms with Gasteiger partial charge in [0.15, 0.2) is 29.1 Å². The van der Waals surface area contributed by atoms with E-state index in [1.807, 2.05) is 44.2 Å². The fraction of sp³-hybridized carbons (Fsp3) is 0.281. The van der Waals surface area contributed by atoms with Gasteiger partial charge in [0.25, 0.3) is 13.6 Å². The van der Waals surface area contributed by atoms with Crippen LogP contribution in [0.15, 0.2) is 103 Å². The maximum Gasteiger partial charge on any atom is 0.272 e. The quantitative estimate of drug-likeness (QED) is 0.0530. The molecular weight excluding hydrogens is 623 g/mol. The molecular formula is C32H35F6NO3PS+. The Hall–Kier alpha value is -3.24. The highest BCUT2D eigenvalue weighted by Crippen LogP contribution is 2.66. The van der Waals surface area contributed by atoms with Crippen LogP contribution >= 0.6 is 19.0 Å². The van der Waals surface area contributed by atoms with Crippen LogP contribution in [0.4, 0.5) is 26.3 Å². The summed E-state index contributed by atoms with van der Waals surface area (Å²) in [6.07, 6.45) is 1.51. The van der Waals surface area contributed by atoms with Crippen molar-refractivity contribution in [2.24, 2.45) is 0 Å². The third-order valence-corrected chi connectivity index (χ3v) is 10.3. The predicted molar refractivity (Wildman–Crippen MR) is 168 cm³/mol. The molecule has 2 aromatic carbocycles. The SMILES string of the molecule is C=C(F)/C(F)=C(F)\C(F)=C(/CF)CC(=O)c1cc2cc(C(F)[P+](O)(Cc3ccccc3)NC(C)CCC)ccc2s1.C=CO. The van der Waals surface area contributed by atoms with Gasteiger partial charge in [-0.25, -0.2) is 26.8 Å². The molecule has 44 heavy (non-hydrogen) atoms. The number of aliphatic hydroxyl groups excluding tert-OH is 1. The number of ketones is 1. The monoisotopic (exact) mass is 658 g/mol. The maximum absolute atomic E-state index is 16.1. The highest BCUT2D eigenvalue weighted by Gasteiger charge is 2.48. The molecule has 1 aromatic heterocycles. The molecule has 0 bridgehead atoms. The Morgan fingerprint density at radius 3 is 2.27 bits per heavy atom. The average Bonchev–Trinajstić information content (AvgIpc) is 3.43. The number of fused-ring (bicyclic) bond motifs is 1. The molecule has 0 fully saturated rings. The minimum Gasteiger partial charge on any atom is -0.516 e. The van der Waals surface area contributed by atoms with Gasteiger partial charge >= 0.3 is 0 Å². The summed E-state index contributed by atoms with van der Waals surface area (Å²) >= 11 is 0.974. The zero-order chi connectivity index (χ0) is 33.0. The molecule has 0 aliphatic heterocycles. The molecule has 0 amide bonds. The summed E-state index contributed by atoms with van der Waals surface area (Å²) in [7, 11) is -3.41. The summed E-state index contributed by atoms with van der Waals surface area (Å²) < 4.78 is 84.4. The van der Waals surface area contributed by atoms with Crippen LogP contribution in [-0.2, 0) is 6.16 Å². The lowest BCUT2D eigenvalue weighted by Crippen LogP contribution is -2.29. The molecule has 0 saturated carbocycles. The minimum absolute atomic E-state index is 0.0510. The normalized spacial score (nSPS) is 15.2. The number of alkyl halides is 2. The van der Waals surface area contributed by atoms with Crippen LogP contribution in [0.25, 0.3) is 10.1 Å². The van der Waals surface area contributed by atoms with Crippen molar-refractivity contribution in [1.29, 1.82) is 0 Å². The van der Waals surface area contributed by atoms with Crippen LogP contribution < -0.4 is 5.09 Å². The Kier molecular flexibility index (Phi) is 14.5. The molecule has 4 nitrogen and oxygen atoms in total. The van der Waals surface area contributed by atoms with Crippen molar-refractivity contribution in [2.75, 3.05) is 6.67 Å². The molecule has 12 heteroatoms. The third-order valence-electron chi connectivity index (χ3n) is 6.37. The first-order valence-electron chi connectivity index (χ1n) is 13.5. The molecule has 3 rings (SSSR count). The Morgan fingerprint density at radius 1 is 1.07 bits per heavy atom. The number of halogens is 6. The number of Topliss-reactive ketones (excluding diaryl/α,β-unsaturated/α-hetero) is 1. The van der Waals surface area contributed by atoms with Gasteiger partial charge in [0.05, 0.1) is 11.1 Å². The zero-order valence-corrected chi connectivity index (χ0v) is 26.0. The summed E-state index contributed by atoms with van der Waals surface area (Å²) in [6, 6.07) is 15.0. The molecule has 3 aromatic rings. The second-order valence-electron chi connectivity index (χ2n) is 9.90. The van der Waals surface area contributed by atoms with Gasteiger partial charge in [0.1, 0.15) is 12.8 Å². The molecule has 0 saturated heterocycles. The number of benzene rings is 2. The van der Waals surface area contributed by atoms with Crippen molar-refractivity contribution >= 4 is 34.8 Å². The molecule has 3 unspecified atom stereocenters. The topological polar surface area (TPSA) is 69.6 Å². The Bertz CT molecular complexity index is 1510. The molecule has 0 radical (unpaired) electrons. The van der Waals surface area contributed by atoms with Crippen molar-refractivity contribution in [2.45, 2.75) is 51.2 Å². The molecule has 3 atom stereocenters. The van der Waals surface area contributed by atoms with Gasteiger partial charge in [-0.3, -0.25) is 4.79 Å². The van der Waals surface area contributed by atoms with E-state index in [1.54, 1.807) is 6.07 Å². The number of nitrogens with one attached hydrogen (secondary N) is 1. The van der Waals surface area contributed by atoms with Gasteiger partial charge in [0, 0.05) is 28.3 Å². The standard InChI is InChI=1S/C30H31F6NO2PS.C2H4O/c1-4-8-18(2)37-40(39,17-20-9-6-5-7-10-20)30(36)21-11-12-25-22(13-21)15-26(41-25)24(38)14-23(16-31)28(34)29(35)27(33)19(3)32;1-2-3/h5-7,9-13,15,18,30,37,39H,3-4,8,14,16-17H2,1-2H3;2-3H,1H2/q+1;/b28-23+,29-27-;. The number of hydrogen-bond donors (Lipinski definition) is 3. The number of thiophene rings is 1. The second kappa shape index (κ2) is 17.3. The maximum atomic E-state index is 16.1.